The number of rotatable bonds is 5. The van der Waals surface area contributed by atoms with E-state index in [2.05, 4.69) is 28.9 Å². The first-order valence-electron chi connectivity index (χ1n) is 8.27. The van der Waals surface area contributed by atoms with Crippen molar-refractivity contribution in [2.24, 2.45) is 7.05 Å². The van der Waals surface area contributed by atoms with Gasteiger partial charge in [-0.3, -0.25) is 4.68 Å². The molecule has 0 amide bonds. The molecule has 0 radical (unpaired) electrons. The van der Waals surface area contributed by atoms with E-state index < -0.39 is 11.4 Å². The smallest absolute Gasteiger partial charge is 0.123 e. The lowest BCUT2D eigenvalue weighted by Gasteiger charge is -2.33. The van der Waals surface area contributed by atoms with Crippen molar-refractivity contribution in [3.63, 3.8) is 0 Å². The Hall–Kier alpha value is -1.82. The van der Waals surface area contributed by atoms with Crippen LogP contribution in [0.25, 0.3) is 10.9 Å². The highest BCUT2D eigenvalue weighted by atomic mass is 35.5. The standard InChI is InChI=1S/C19H21Cl2FN4/c1-11(20)18(21)17(12(2)22)19(7-8-23-10-19)24-14-5-6-15-13(3)26(4)25-16(15)9-14/h5-6,9,23-24H,1-2,7-8,10H2,3-4H3/b18-17-. The summed E-state index contributed by atoms with van der Waals surface area (Å²) in [7, 11) is 1.91. The molecular weight excluding hydrogens is 374 g/mol. The summed E-state index contributed by atoms with van der Waals surface area (Å²) in [4.78, 5) is 0. The first kappa shape index (κ1) is 19.0. The van der Waals surface area contributed by atoms with Crippen molar-refractivity contribution in [3.05, 3.63) is 58.5 Å². The minimum Gasteiger partial charge on any atom is -0.374 e. The molecule has 0 aliphatic carbocycles. The number of allylic oxidation sites excluding steroid dienone is 2. The quantitative estimate of drug-likeness (QED) is 0.718. The number of aryl methyl sites for hydroxylation is 2. The number of aromatic nitrogens is 2. The molecule has 1 aliphatic heterocycles. The summed E-state index contributed by atoms with van der Waals surface area (Å²) in [6.07, 6.45) is 0.630. The highest BCUT2D eigenvalue weighted by molar-refractivity contribution is 6.44. The molecular formula is C19H21Cl2FN4. The van der Waals surface area contributed by atoms with E-state index in [0.29, 0.717) is 19.5 Å². The van der Waals surface area contributed by atoms with Crippen molar-refractivity contribution in [3.8, 4) is 0 Å². The van der Waals surface area contributed by atoms with Crippen molar-refractivity contribution in [2.45, 2.75) is 18.9 Å². The summed E-state index contributed by atoms with van der Waals surface area (Å²) in [6.45, 7) is 10.3. The van der Waals surface area contributed by atoms with Crippen molar-refractivity contribution >= 4 is 39.8 Å². The topological polar surface area (TPSA) is 41.9 Å². The molecule has 7 heteroatoms. The highest BCUT2D eigenvalue weighted by Crippen LogP contribution is 2.39. The normalized spacial score (nSPS) is 21.0. The number of nitrogens with zero attached hydrogens (tertiary/aromatic N) is 2. The Balaban J connectivity index is 2.07. The summed E-state index contributed by atoms with van der Waals surface area (Å²) in [5.74, 6) is -0.622. The molecule has 4 nitrogen and oxygen atoms in total. The molecule has 3 rings (SSSR count). The lowest BCUT2D eigenvalue weighted by Crippen LogP contribution is -2.43. The highest BCUT2D eigenvalue weighted by Gasteiger charge is 2.41. The van der Waals surface area contributed by atoms with Crippen molar-refractivity contribution in [2.75, 3.05) is 18.4 Å². The first-order chi connectivity index (χ1) is 12.2. The van der Waals surface area contributed by atoms with Gasteiger partial charge in [-0.25, -0.2) is 4.39 Å². The van der Waals surface area contributed by atoms with Gasteiger partial charge in [-0.1, -0.05) is 36.4 Å². The predicted octanol–water partition coefficient (Wildman–Crippen LogP) is 4.75. The van der Waals surface area contributed by atoms with Gasteiger partial charge in [0.1, 0.15) is 5.83 Å². The van der Waals surface area contributed by atoms with Gasteiger partial charge in [0.25, 0.3) is 0 Å². The van der Waals surface area contributed by atoms with Crippen molar-refractivity contribution < 1.29 is 4.39 Å². The maximum absolute atomic E-state index is 14.4. The van der Waals surface area contributed by atoms with Gasteiger partial charge >= 0.3 is 0 Å². The summed E-state index contributed by atoms with van der Waals surface area (Å²) in [5, 5.41) is 12.5. The largest absolute Gasteiger partial charge is 0.374 e. The molecule has 138 valence electrons. The fourth-order valence-corrected chi connectivity index (χ4v) is 3.86. The van der Waals surface area contributed by atoms with E-state index in [4.69, 9.17) is 23.2 Å². The fourth-order valence-electron chi connectivity index (χ4n) is 3.48. The molecule has 1 fully saturated rings. The predicted molar refractivity (Wildman–Crippen MR) is 107 cm³/mol. The van der Waals surface area contributed by atoms with Crippen LogP contribution in [0.3, 0.4) is 0 Å². The van der Waals surface area contributed by atoms with E-state index >= 15 is 0 Å². The summed E-state index contributed by atoms with van der Waals surface area (Å²) in [5.41, 5.74) is 2.25. The second kappa shape index (κ2) is 7.06. The van der Waals surface area contributed by atoms with Crippen LogP contribution in [0.4, 0.5) is 10.1 Å². The van der Waals surface area contributed by atoms with Crippen LogP contribution < -0.4 is 10.6 Å². The Morgan fingerprint density at radius 3 is 2.69 bits per heavy atom. The molecule has 2 N–H and O–H groups in total. The minimum absolute atomic E-state index is 0.0874. The molecule has 26 heavy (non-hydrogen) atoms. The van der Waals surface area contributed by atoms with E-state index in [1.165, 1.54) is 0 Å². The first-order valence-corrected chi connectivity index (χ1v) is 9.03. The number of halogens is 3. The van der Waals surface area contributed by atoms with Crippen LogP contribution in [0.1, 0.15) is 12.1 Å². The summed E-state index contributed by atoms with van der Waals surface area (Å²) in [6, 6.07) is 5.91. The van der Waals surface area contributed by atoms with Gasteiger partial charge in [0.2, 0.25) is 0 Å². The third-order valence-corrected chi connectivity index (χ3v) is 5.58. The molecule has 1 aromatic heterocycles. The minimum atomic E-state index is -0.766. The zero-order chi connectivity index (χ0) is 19.1. The molecule has 1 atom stereocenters. The van der Waals surface area contributed by atoms with Crippen LogP contribution in [0, 0.1) is 6.92 Å². The Labute approximate surface area is 162 Å². The molecule has 1 aliphatic rings. The average molecular weight is 395 g/mol. The Bertz CT molecular complexity index is 923. The van der Waals surface area contributed by atoms with Gasteiger partial charge in [0.15, 0.2) is 0 Å². The van der Waals surface area contributed by atoms with Gasteiger partial charge in [-0.05, 0) is 38.1 Å². The zero-order valence-corrected chi connectivity index (χ0v) is 16.3. The SMILES string of the molecule is C=C(Cl)/C(Cl)=C(\C(=C)F)C1(Nc2ccc3c(C)n(C)nc3c2)CCNC1. The van der Waals surface area contributed by atoms with Crippen molar-refractivity contribution in [1.29, 1.82) is 0 Å². The van der Waals surface area contributed by atoms with Crippen LogP contribution in [-0.4, -0.2) is 28.4 Å². The van der Waals surface area contributed by atoms with Gasteiger partial charge in [-0.15, -0.1) is 0 Å². The molecule has 1 unspecified atom stereocenters. The third kappa shape index (κ3) is 3.27. The lowest BCUT2D eigenvalue weighted by atomic mass is 9.86. The molecule has 0 spiro atoms. The maximum atomic E-state index is 14.4. The average Bonchev–Trinajstić information content (AvgIpc) is 3.13. The van der Waals surface area contributed by atoms with E-state index in [0.717, 1.165) is 22.3 Å². The van der Waals surface area contributed by atoms with Gasteiger partial charge in [-0.2, -0.15) is 5.10 Å². The summed E-state index contributed by atoms with van der Waals surface area (Å²) >= 11 is 12.3. The fraction of sp³-hybridized carbons (Fsp3) is 0.316. The second-order valence-corrected chi connectivity index (χ2v) is 7.41. The zero-order valence-electron chi connectivity index (χ0n) is 14.8. The van der Waals surface area contributed by atoms with E-state index in [-0.39, 0.29) is 15.6 Å². The molecule has 2 aromatic rings. The number of fused-ring (bicyclic) bond motifs is 1. The van der Waals surface area contributed by atoms with E-state index in [9.17, 15) is 4.39 Å². The van der Waals surface area contributed by atoms with Gasteiger partial charge < -0.3 is 10.6 Å². The number of anilines is 1. The second-order valence-electron chi connectivity index (χ2n) is 6.57. The molecule has 2 heterocycles. The maximum Gasteiger partial charge on any atom is 0.123 e. The molecule has 0 saturated carbocycles. The van der Waals surface area contributed by atoms with E-state index in [1.54, 1.807) is 0 Å². The Kier molecular flexibility index (Phi) is 5.15. The van der Waals surface area contributed by atoms with Crippen LogP contribution in [0.15, 0.2) is 52.8 Å². The molecule has 1 saturated heterocycles. The Morgan fingerprint density at radius 2 is 2.12 bits per heavy atom. The number of hydrogen-bond acceptors (Lipinski definition) is 3. The van der Waals surface area contributed by atoms with Crippen LogP contribution >= 0.6 is 23.2 Å². The van der Waals surface area contributed by atoms with Gasteiger partial charge in [0.05, 0.1) is 21.1 Å². The van der Waals surface area contributed by atoms with Crippen LogP contribution in [-0.2, 0) is 7.05 Å². The lowest BCUT2D eigenvalue weighted by molar-refractivity contribution is 0.545. The molecule has 1 aromatic carbocycles. The molecule has 0 bridgehead atoms. The third-order valence-electron chi connectivity index (χ3n) is 4.88. The van der Waals surface area contributed by atoms with Gasteiger partial charge in [0, 0.05) is 35.9 Å². The Morgan fingerprint density at radius 1 is 1.38 bits per heavy atom. The van der Waals surface area contributed by atoms with Crippen LogP contribution in [0.2, 0.25) is 0 Å². The monoisotopic (exact) mass is 394 g/mol. The van der Waals surface area contributed by atoms with E-state index in [1.807, 2.05) is 36.9 Å². The number of hydrogen-bond donors (Lipinski definition) is 2. The summed E-state index contributed by atoms with van der Waals surface area (Å²) < 4.78 is 16.2. The number of benzene rings is 1. The van der Waals surface area contributed by atoms with Crippen molar-refractivity contribution in [1.82, 2.24) is 15.1 Å². The van der Waals surface area contributed by atoms with Crippen LogP contribution in [0.5, 0.6) is 0 Å². The number of nitrogens with one attached hydrogen (secondary N) is 2.